The molecule has 0 radical (unpaired) electrons. The predicted molar refractivity (Wildman–Crippen MR) is 95.3 cm³/mol. The van der Waals surface area contributed by atoms with Crippen LogP contribution >= 0.6 is 12.4 Å². The van der Waals surface area contributed by atoms with Crippen molar-refractivity contribution >= 4 is 18.3 Å². The molecule has 0 atom stereocenters. The number of carbonyl (C=O) groups excluding carboxylic acids is 1. The van der Waals surface area contributed by atoms with E-state index in [4.69, 9.17) is 5.73 Å². The van der Waals surface area contributed by atoms with Gasteiger partial charge in [0, 0.05) is 25.4 Å². The normalized spacial score (nSPS) is 11.0. The third-order valence-electron chi connectivity index (χ3n) is 3.65. The molecule has 2 rings (SSSR count). The molecule has 0 saturated carbocycles. The fraction of sp³-hybridized carbons (Fsp3) is 0.412. The second kappa shape index (κ2) is 7.62. The van der Waals surface area contributed by atoms with E-state index in [0.29, 0.717) is 18.7 Å². The minimum Gasteiger partial charge on any atom is -0.341 e. The standard InChI is InChI=1S/C17H24N4O.ClH/c1-13-9-19-21(10-13)15-7-5-14(6-8-15)16(22)20(4)12-17(2,3)11-18;/h5-10H,11-12,18H2,1-4H3;1H. The van der Waals surface area contributed by atoms with Crippen molar-refractivity contribution < 1.29 is 4.79 Å². The highest BCUT2D eigenvalue weighted by molar-refractivity contribution is 5.94. The summed E-state index contributed by atoms with van der Waals surface area (Å²) >= 11 is 0. The summed E-state index contributed by atoms with van der Waals surface area (Å²) < 4.78 is 1.80. The van der Waals surface area contributed by atoms with Crippen LogP contribution in [0.1, 0.15) is 29.8 Å². The Morgan fingerprint density at radius 3 is 2.39 bits per heavy atom. The van der Waals surface area contributed by atoms with Gasteiger partial charge < -0.3 is 10.6 Å². The van der Waals surface area contributed by atoms with Gasteiger partial charge in [-0.2, -0.15) is 5.10 Å². The fourth-order valence-electron chi connectivity index (χ4n) is 2.31. The summed E-state index contributed by atoms with van der Waals surface area (Å²) in [6, 6.07) is 7.48. The monoisotopic (exact) mass is 336 g/mol. The van der Waals surface area contributed by atoms with Gasteiger partial charge in [-0.05, 0) is 48.7 Å². The number of amides is 1. The predicted octanol–water partition coefficient (Wildman–Crippen LogP) is 2.66. The Morgan fingerprint density at radius 1 is 1.30 bits per heavy atom. The van der Waals surface area contributed by atoms with Crippen LogP contribution in [0, 0.1) is 12.3 Å². The molecule has 1 amide bonds. The molecule has 0 aliphatic rings. The highest BCUT2D eigenvalue weighted by Gasteiger charge is 2.21. The Labute approximate surface area is 143 Å². The lowest BCUT2D eigenvalue weighted by Crippen LogP contribution is -2.39. The summed E-state index contributed by atoms with van der Waals surface area (Å²) in [5, 5.41) is 4.26. The van der Waals surface area contributed by atoms with E-state index in [-0.39, 0.29) is 23.7 Å². The van der Waals surface area contributed by atoms with Crippen LogP contribution in [0.3, 0.4) is 0 Å². The van der Waals surface area contributed by atoms with Gasteiger partial charge in [-0.1, -0.05) is 13.8 Å². The largest absolute Gasteiger partial charge is 0.341 e. The van der Waals surface area contributed by atoms with Gasteiger partial charge in [0.25, 0.3) is 5.91 Å². The Bertz CT molecular complexity index is 649. The number of benzene rings is 1. The molecule has 0 bridgehead atoms. The van der Waals surface area contributed by atoms with E-state index < -0.39 is 0 Å². The Hall–Kier alpha value is -1.85. The topological polar surface area (TPSA) is 64.2 Å². The van der Waals surface area contributed by atoms with Crippen LogP contribution in [-0.2, 0) is 0 Å². The molecule has 2 N–H and O–H groups in total. The first kappa shape index (κ1) is 19.2. The molecule has 23 heavy (non-hydrogen) atoms. The van der Waals surface area contributed by atoms with Crippen molar-refractivity contribution in [2.24, 2.45) is 11.1 Å². The number of aromatic nitrogens is 2. The summed E-state index contributed by atoms with van der Waals surface area (Å²) in [4.78, 5) is 14.2. The van der Waals surface area contributed by atoms with E-state index in [1.807, 2.05) is 50.6 Å². The van der Waals surface area contributed by atoms with Crippen LogP contribution in [0.2, 0.25) is 0 Å². The number of nitrogens with two attached hydrogens (primary N) is 1. The molecule has 6 heteroatoms. The number of hydrogen-bond acceptors (Lipinski definition) is 3. The SMILES string of the molecule is Cc1cnn(-c2ccc(C(=O)N(C)CC(C)(C)CN)cc2)c1.Cl. The quantitative estimate of drug-likeness (QED) is 0.913. The van der Waals surface area contributed by atoms with Gasteiger partial charge in [-0.3, -0.25) is 4.79 Å². The smallest absolute Gasteiger partial charge is 0.253 e. The molecule has 2 aromatic rings. The Morgan fingerprint density at radius 2 is 1.91 bits per heavy atom. The zero-order valence-electron chi connectivity index (χ0n) is 14.1. The molecule has 0 unspecified atom stereocenters. The number of halogens is 1. The van der Waals surface area contributed by atoms with Crippen molar-refractivity contribution in [3.8, 4) is 5.69 Å². The van der Waals surface area contributed by atoms with E-state index >= 15 is 0 Å². The number of aryl methyl sites for hydroxylation is 1. The summed E-state index contributed by atoms with van der Waals surface area (Å²) in [5.74, 6) is 0.00437. The second-order valence-corrected chi connectivity index (χ2v) is 6.54. The van der Waals surface area contributed by atoms with E-state index in [9.17, 15) is 4.79 Å². The summed E-state index contributed by atoms with van der Waals surface area (Å²) in [7, 11) is 1.81. The number of hydrogen-bond donors (Lipinski definition) is 1. The van der Waals surface area contributed by atoms with Gasteiger partial charge in [0.05, 0.1) is 11.9 Å². The van der Waals surface area contributed by atoms with Crippen LogP contribution in [0.15, 0.2) is 36.7 Å². The molecule has 1 heterocycles. The van der Waals surface area contributed by atoms with Crippen molar-refractivity contribution in [2.45, 2.75) is 20.8 Å². The summed E-state index contributed by atoms with van der Waals surface area (Å²) in [5.41, 5.74) is 8.36. The van der Waals surface area contributed by atoms with Crippen LogP contribution < -0.4 is 5.73 Å². The van der Waals surface area contributed by atoms with Gasteiger partial charge >= 0.3 is 0 Å². The molecular formula is C17H25ClN4O. The van der Waals surface area contributed by atoms with Crippen molar-refractivity contribution in [1.29, 1.82) is 0 Å². The Balaban J connectivity index is 0.00000264. The first-order chi connectivity index (χ1) is 10.3. The number of carbonyl (C=O) groups is 1. The molecule has 5 nitrogen and oxygen atoms in total. The van der Waals surface area contributed by atoms with Crippen LogP contribution in [0.25, 0.3) is 5.69 Å². The van der Waals surface area contributed by atoms with E-state index in [2.05, 4.69) is 18.9 Å². The van der Waals surface area contributed by atoms with Crippen LogP contribution in [0.4, 0.5) is 0 Å². The molecule has 0 aliphatic heterocycles. The maximum absolute atomic E-state index is 12.5. The van der Waals surface area contributed by atoms with E-state index in [1.165, 1.54) is 0 Å². The lowest BCUT2D eigenvalue weighted by Gasteiger charge is -2.29. The third-order valence-corrected chi connectivity index (χ3v) is 3.65. The molecule has 0 spiro atoms. The summed E-state index contributed by atoms with van der Waals surface area (Å²) in [6.07, 6.45) is 3.76. The lowest BCUT2D eigenvalue weighted by molar-refractivity contribution is 0.0740. The second-order valence-electron chi connectivity index (χ2n) is 6.54. The first-order valence-corrected chi connectivity index (χ1v) is 7.40. The molecular weight excluding hydrogens is 312 g/mol. The average molecular weight is 337 g/mol. The van der Waals surface area contributed by atoms with Crippen molar-refractivity contribution in [2.75, 3.05) is 20.1 Å². The third kappa shape index (κ3) is 4.81. The van der Waals surface area contributed by atoms with Gasteiger partial charge in [-0.15, -0.1) is 12.4 Å². The molecule has 0 saturated heterocycles. The van der Waals surface area contributed by atoms with Crippen LogP contribution in [0.5, 0.6) is 0 Å². The molecule has 0 aliphatic carbocycles. The maximum Gasteiger partial charge on any atom is 0.253 e. The number of nitrogens with zero attached hydrogens (tertiary/aromatic N) is 3. The average Bonchev–Trinajstić information content (AvgIpc) is 2.93. The highest BCUT2D eigenvalue weighted by Crippen LogP contribution is 2.16. The summed E-state index contributed by atoms with van der Waals surface area (Å²) in [6.45, 7) is 7.28. The minimum absolute atomic E-state index is 0. The highest BCUT2D eigenvalue weighted by atomic mass is 35.5. The van der Waals surface area contributed by atoms with Gasteiger partial charge in [0.2, 0.25) is 0 Å². The lowest BCUT2D eigenvalue weighted by atomic mass is 9.93. The van der Waals surface area contributed by atoms with Gasteiger partial charge in [0.15, 0.2) is 0 Å². The minimum atomic E-state index is -0.0864. The number of rotatable bonds is 5. The Kier molecular flexibility index (Phi) is 6.36. The van der Waals surface area contributed by atoms with Crippen molar-refractivity contribution in [3.63, 3.8) is 0 Å². The fourth-order valence-corrected chi connectivity index (χ4v) is 2.31. The molecule has 0 fully saturated rings. The zero-order chi connectivity index (χ0) is 16.3. The van der Waals surface area contributed by atoms with Crippen LogP contribution in [-0.4, -0.2) is 40.7 Å². The molecule has 1 aromatic heterocycles. The molecule has 1 aromatic carbocycles. The van der Waals surface area contributed by atoms with Gasteiger partial charge in [-0.25, -0.2) is 4.68 Å². The van der Waals surface area contributed by atoms with E-state index in [1.54, 1.807) is 9.58 Å². The van der Waals surface area contributed by atoms with Crippen molar-refractivity contribution in [3.05, 3.63) is 47.8 Å². The van der Waals surface area contributed by atoms with Crippen molar-refractivity contribution in [1.82, 2.24) is 14.7 Å². The van der Waals surface area contributed by atoms with E-state index in [0.717, 1.165) is 11.3 Å². The first-order valence-electron chi connectivity index (χ1n) is 7.40. The zero-order valence-corrected chi connectivity index (χ0v) is 14.9. The maximum atomic E-state index is 12.5. The molecule has 126 valence electrons. The van der Waals surface area contributed by atoms with Gasteiger partial charge in [0.1, 0.15) is 0 Å².